The molecule has 0 bridgehead atoms. The van der Waals surface area contributed by atoms with Gasteiger partial charge in [-0.05, 0) is 30.1 Å². The molecule has 0 unspecified atom stereocenters. The minimum absolute atomic E-state index is 0.125. The summed E-state index contributed by atoms with van der Waals surface area (Å²) in [4.78, 5) is 0. The molecule has 178 valence electrons. The van der Waals surface area contributed by atoms with Crippen molar-refractivity contribution in [2.45, 2.75) is 19.0 Å². The van der Waals surface area contributed by atoms with Crippen molar-refractivity contribution in [1.82, 2.24) is 0 Å². The Labute approximate surface area is 190 Å². The molecule has 1 saturated heterocycles. The first kappa shape index (κ1) is 24.1. The summed E-state index contributed by atoms with van der Waals surface area (Å²) in [7, 11) is -1.20. The molecule has 0 atom stereocenters. The lowest BCUT2D eigenvalue weighted by Gasteiger charge is -2.28. The summed E-state index contributed by atoms with van der Waals surface area (Å²) in [6.07, 6.45) is -4.67. The zero-order chi connectivity index (χ0) is 24.6. The highest BCUT2D eigenvalue weighted by molar-refractivity contribution is 6.61. The summed E-state index contributed by atoms with van der Waals surface area (Å²) in [5.74, 6) is -10.2. The van der Waals surface area contributed by atoms with Crippen molar-refractivity contribution >= 4 is 12.6 Å². The van der Waals surface area contributed by atoms with E-state index in [4.69, 9.17) is 9.31 Å². The number of hydrogen-bond donors (Lipinski definition) is 0. The minimum atomic E-state index is -4.67. The second-order valence-electron chi connectivity index (χ2n) is 7.79. The molecule has 4 rings (SSSR count). The van der Waals surface area contributed by atoms with Gasteiger partial charge in [0.15, 0.2) is 17.5 Å². The fraction of sp³-hybridized carbons (Fsp3) is 0.217. The van der Waals surface area contributed by atoms with Crippen LogP contribution in [0.3, 0.4) is 0 Å². The quantitative estimate of drug-likeness (QED) is 0.278. The smallest absolute Gasteiger partial charge is 0.429 e. The first-order valence-electron chi connectivity index (χ1n) is 10.1. The molecule has 1 aliphatic heterocycles. The maximum atomic E-state index is 14.5. The number of rotatable bonds is 5. The zero-order valence-electron chi connectivity index (χ0n) is 17.6. The van der Waals surface area contributed by atoms with Crippen LogP contribution in [0.15, 0.2) is 48.5 Å². The van der Waals surface area contributed by atoms with Gasteiger partial charge in [0.1, 0.15) is 22.9 Å². The lowest BCUT2D eigenvalue weighted by molar-refractivity contribution is -0.189. The molecule has 34 heavy (non-hydrogen) atoms. The van der Waals surface area contributed by atoms with Crippen LogP contribution in [0, 0.1) is 36.0 Å². The molecular formula is C23H16BF7O3. The lowest BCUT2D eigenvalue weighted by atomic mass is 9.76. The third-order valence-corrected chi connectivity index (χ3v) is 5.28. The Morgan fingerprint density at radius 2 is 1.35 bits per heavy atom. The van der Waals surface area contributed by atoms with Gasteiger partial charge in [-0.1, -0.05) is 29.8 Å². The summed E-state index contributed by atoms with van der Waals surface area (Å²) in [5.41, 5.74) is 0.0357. The molecular weight excluding hydrogens is 468 g/mol. The largest absolute Gasteiger partial charge is 0.494 e. The summed E-state index contributed by atoms with van der Waals surface area (Å²) in [5, 5.41) is 0. The Balaban J connectivity index is 1.51. The van der Waals surface area contributed by atoms with E-state index < -0.39 is 53.6 Å². The second kappa shape index (κ2) is 9.30. The summed E-state index contributed by atoms with van der Waals surface area (Å²) < 4.78 is 113. The Hall–Kier alpha value is -3.05. The number of aryl methyl sites for hydroxylation is 1. The third-order valence-electron chi connectivity index (χ3n) is 5.28. The van der Waals surface area contributed by atoms with Gasteiger partial charge in [0, 0.05) is 31.3 Å². The van der Waals surface area contributed by atoms with E-state index in [0.717, 1.165) is 11.1 Å². The first-order chi connectivity index (χ1) is 16.0. The highest BCUT2D eigenvalue weighted by Crippen LogP contribution is 2.35. The number of halogens is 7. The fourth-order valence-corrected chi connectivity index (χ4v) is 3.52. The van der Waals surface area contributed by atoms with E-state index in [1.54, 1.807) is 0 Å². The molecule has 0 amide bonds. The highest BCUT2D eigenvalue weighted by Gasteiger charge is 2.42. The van der Waals surface area contributed by atoms with E-state index in [1.165, 1.54) is 0 Å². The van der Waals surface area contributed by atoms with Crippen LogP contribution in [0.5, 0.6) is 5.75 Å². The molecule has 3 nitrogen and oxygen atoms in total. The molecule has 3 aromatic carbocycles. The van der Waals surface area contributed by atoms with E-state index in [2.05, 4.69) is 4.74 Å². The monoisotopic (exact) mass is 484 g/mol. The molecule has 1 heterocycles. The molecule has 0 spiro atoms. The van der Waals surface area contributed by atoms with Crippen LogP contribution < -0.4 is 10.2 Å². The Bertz CT molecular complexity index is 1150. The Morgan fingerprint density at radius 1 is 0.824 bits per heavy atom. The SMILES string of the molecule is Cc1ccc(C2COB(c3cc(F)c(C(F)(F)Oc4cc(F)c(F)c(F)c4)c(F)c3)OC2)cc1. The summed E-state index contributed by atoms with van der Waals surface area (Å²) in [6.45, 7) is 2.27. The average Bonchev–Trinajstić information content (AvgIpc) is 2.77. The van der Waals surface area contributed by atoms with Crippen molar-refractivity contribution < 1.29 is 44.8 Å². The number of ether oxygens (including phenoxy) is 1. The standard InChI is InChI=1S/C23H16BF7O3/c1-12-2-4-13(5-3-12)14-10-32-24(33-11-14)15-6-17(25)21(18(26)7-15)23(30,31)34-16-8-19(27)22(29)20(28)9-16/h2-9,14H,10-11H2,1H3. The van der Waals surface area contributed by atoms with Crippen LogP contribution in [0.25, 0.3) is 0 Å². The van der Waals surface area contributed by atoms with Gasteiger partial charge >= 0.3 is 13.2 Å². The Kier molecular flexibility index (Phi) is 6.59. The summed E-state index contributed by atoms with van der Waals surface area (Å²) in [6, 6.07) is 9.10. The number of hydrogen-bond acceptors (Lipinski definition) is 3. The van der Waals surface area contributed by atoms with E-state index in [-0.39, 0.29) is 36.7 Å². The predicted molar refractivity (Wildman–Crippen MR) is 108 cm³/mol. The summed E-state index contributed by atoms with van der Waals surface area (Å²) >= 11 is 0. The van der Waals surface area contributed by atoms with Crippen LogP contribution >= 0.6 is 0 Å². The van der Waals surface area contributed by atoms with Gasteiger partial charge in [0.25, 0.3) is 0 Å². The van der Waals surface area contributed by atoms with E-state index in [9.17, 15) is 30.7 Å². The maximum absolute atomic E-state index is 14.5. The van der Waals surface area contributed by atoms with Gasteiger partial charge in [-0.15, -0.1) is 0 Å². The van der Waals surface area contributed by atoms with Gasteiger partial charge in [-0.25, -0.2) is 22.0 Å². The third kappa shape index (κ3) is 4.90. The molecule has 11 heteroatoms. The van der Waals surface area contributed by atoms with Crippen molar-refractivity contribution in [1.29, 1.82) is 0 Å². The molecule has 1 fully saturated rings. The van der Waals surface area contributed by atoms with E-state index >= 15 is 0 Å². The normalized spacial score (nSPS) is 15.0. The number of alkyl halides is 2. The van der Waals surface area contributed by atoms with Gasteiger partial charge in [0.2, 0.25) is 0 Å². The van der Waals surface area contributed by atoms with Crippen LogP contribution in [0.1, 0.15) is 22.6 Å². The average molecular weight is 484 g/mol. The van der Waals surface area contributed by atoms with Crippen molar-refractivity contribution in [3.63, 3.8) is 0 Å². The van der Waals surface area contributed by atoms with Crippen LogP contribution in [0.2, 0.25) is 0 Å². The van der Waals surface area contributed by atoms with E-state index in [0.29, 0.717) is 12.1 Å². The van der Waals surface area contributed by atoms with Crippen LogP contribution in [-0.4, -0.2) is 20.3 Å². The second-order valence-corrected chi connectivity index (χ2v) is 7.79. The molecule has 0 aliphatic carbocycles. The molecule has 0 N–H and O–H groups in total. The number of benzene rings is 3. The topological polar surface area (TPSA) is 27.7 Å². The van der Waals surface area contributed by atoms with Gasteiger partial charge < -0.3 is 14.0 Å². The zero-order valence-corrected chi connectivity index (χ0v) is 17.6. The van der Waals surface area contributed by atoms with Gasteiger partial charge in [0.05, 0.1) is 0 Å². The Morgan fingerprint density at radius 3 is 1.88 bits per heavy atom. The van der Waals surface area contributed by atoms with Crippen LogP contribution in [0.4, 0.5) is 30.7 Å². The molecule has 1 aliphatic rings. The predicted octanol–water partition coefficient (Wildman–Crippen LogP) is 5.34. The van der Waals surface area contributed by atoms with Gasteiger partial charge in [-0.3, -0.25) is 0 Å². The molecule has 0 radical (unpaired) electrons. The van der Waals surface area contributed by atoms with Crippen molar-refractivity contribution in [2.75, 3.05) is 13.2 Å². The van der Waals surface area contributed by atoms with Crippen molar-refractivity contribution in [3.8, 4) is 5.75 Å². The molecule has 0 aromatic heterocycles. The van der Waals surface area contributed by atoms with Crippen LogP contribution in [-0.2, 0) is 15.4 Å². The fourth-order valence-electron chi connectivity index (χ4n) is 3.52. The maximum Gasteiger partial charge on any atom is 0.494 e. The molecule has 0 saturated carbocycles. The lowest BCUT2D eigenvalue weighted by Crippen LogP contribution is -2.44. The minimum Gasteiger partial charge on any atom is -0.429 e. The first-order valence-corrected chi connectivity index (χ1v) is 10.1. The van der Waals surface area contributed by atoms with Gasteiger partial charge in [-0.2, -0.15) is 8.78 Å². The van der Waals surface area contributed by atoms with Crippen molar-refractivity contribution in [3.05, 3.63) is 94.3 Å². The molecule has 3 aromatic rings. The van der Waals surface area contributed by atoms with E-state index in [1.807, 2.05) is 31.2 Å². The highest BCUT2D eigenvalue weighted by atomic mass is 19.3. The van der Waals surface area contributed by atoms with Crippen molar-refractivity contribution in [2.24, 2.45) is 0 Å².